The van der Waals surface area contributed by atoms with Crippen LogP contribution >= 0.6 is 0 Å². The van der Waals surface area contributed by atoms with Gasteiger partial charge >= 0.3 is 41.8 Å². The van der Waals surface area contributed by atoms with Crippen LogP contribution in [-0.2, 0) is 47.5 Å². The van der Waals surface area contributed by atoms with E-state index in [1.165, 1.54) is 0 Å². The molecule has 27 nitrogen and oxygen atoms in total. The number of ether oxygens (including phenoxy) is 7. The number of aliphatic carboxylic acids is 1. The van der Waals surface area contributed by atoms with Crippen molar-refractivity contribution < 1.29 is 133 Å². The minimum Gasteiger partial charge on any atom is -0.504 e. The maximum Gasteiger partial charge on any atom is 0.372 e. The summed E-state index contributed by atoms with van der Waals surface area (Å²) in [5.41, 5.74) is -8.60. The Labute approximate surface area is 373 Å². The lowest BCUT2D eigenvalue weighted by Crippen LogP contribution is -2.63. The van der Waals surface area contributed by atoms with E-state index in [0.29, 0.717) is 30.3 Å². The summed E-state index contributed by atoms with van der Waals surface area (Å²) in [4.78, 5) is 96.8. The second-order valence-electron chi connectivity index (χ2n) is 14.9. The van der Waals surface area contributed by atoms with E-state index >= 15 is 0 Å². The Balaban J connectivity index is 1.40. The van der Waals surface area contributed by atoms with Crippen LogP contribution in [0.15, 0.2) is 36.1 Å². The van der Waals surface area contributed by atoms with Gasteiger partial charge in [-0.2, -0.15) is 0 Å². The molecule has 4 aromatic carbocycles. The smallest absolute Gasteiger partial charge is 0.372 e. The van der Waals surface area contributed by atoms with Crippen LogP contribution in [0.25, 0.3) is 16.7 Å². The SMILES string of the molecule is O=C1C[C@H]2C(=O)O[C@H]3[C@@H]4OC(=O)c5cc(O)c(O)c(O)c5-c5c(cc(O)c(O)c5O)C(=O)OC[C@H]3O[C@@H](OC(=O)c3cc(O)c(O)c(O)c3)[C@@H]4OC(=O)c3cc(O)c(O)c(O)c3C2=C(C(=O)O)O1. The van der Waals surface area contributed by atoms with Gasteiger partial charge in [-0.3, -0.25) is 9.59 Å². The third-order valence-electron chi connectivity index (χ3n) is 10.8. The van der Waals surface area contributed by atoms with Crippen molar-refractivity contribution in [2.45, 2.75) is 37.1 Å². The zero-order valence-corrected chi connectivity index (χ0v) is 33.3. The molecular formula is C41H28O27. The lowest BCUT2D eigenvalue weighted by Gasteiger charge is -2.44. The number of hydrogen-bond donors (Lipinski definition) is 13. The Kier molecular flexibility index (Phi) is 10.7. The largest absolute Gasteiger partial charge is 0.504 e. The van der Waals surface area contributed by atoms with Crippen LogP contribution in [0.3, 0.4) is 0 Å². The molecule has 8 rings (SSSR count). The molecule has 0 aromatic heterocycles. The van der Waals surface area contributed by atoms with E-state index in [-0.39, 0.29) is 0 Å². The van der Waals surface area contributed by atoms with Crippen molar-refractivity contribution in [1.82, 2.24) is 0 Å². The molecule has 0 aliphatic carbocycles. The van der Waals surface area contributed by atoms with Gasteiger partial charge in [0.15, 0.2) is 64.0 Å². The molecule has 4 aliphatic heterocycles. The summed E-state index contributed by atoms with van der Waals surface area (Å²) < 4.78 is 38.6. The predicted octanol–water partition coefficient (Wildman–Crippen LogP) is 0.608. The third-order valence-corrected chi connectivity index (χ3v) is 10.8. The van der Waals surface area contributed by atoms with E-state index in [1.807, 2.05) is 0 Å². The minimum atomic E-state index is -2.61. The Bertz CT molecular complexity index is 2980. The number of carbonyl (C=O) groups excluding carboxylic acids is 6. The second-order valence-corrected chi connectivity index (χ2v) is 14.9. The van der Waals surface area contributed by atoms with Gasteiger partial charge in [0, 0.05) is 22.3 Å². The van der Waals surface area contributed by atoms with Crippen LogP contribution in [0.1, 0.15) is 53.4 Å². The van der Waals surface area contributed by atoms with E-state index < -0.39 is 211 Å². The molecule has 1 fully saturated rings. The van der Waals surface area contributed by atoms with Gasteiger partial charge in [0.2, 0.25) is 35.4 Å². The molecule has 27 heteroatoms. The maximum atomic E-state index is 14.6. The number of hydrogen-bond acceptors (Lipinski definition) is 26. The lowest BCUT2D eigenvalue weighted by atomic mass is 9.84. The van der Waals surface area contributed by atoms with Crippen molar-refractivity contribution in [2.24, 2.45) is 5.92 Å². The van der Waals surface area contributed by atoms with Crippen LogP contribution in [-0.4, -0.2) is 145 Å². The average molecular weight is 953 g/mol. The number of aromatic hydroxyl groups is 12. The minimum absolute atomic E-state index is 0.359. The van der Waals surface area contributed by atoms with E-state index in [4.69, 9.17) is 33.2 Å². The highest BCUT2D eigenvalue weighted by Crippen LogP contribution is 2.54. The van der Waals surface area contributed by atoms with Gasteiger partial charge in [0.25, 0.3) is 0 Å². The molecule has 13 N–H and O–H groups in total. The fourth-order valence-corrected chi connectivity index (χ4v) is 7.71. The number of carboxylic acid groups (broad SMARTS) is 1. The maximum absolute atomic E-state index is 14.6. The first kappa shape index (κ1) is 45.1. The number of phenols is 12. The second kappa shape index (κ2) is 16.2. The number of esters is 6. The first-order valence-corrected chi connectivity index (χ1v) is 18.9. The Morgan fingerprint density at radius 3 is 1.54 bits per heavy atom. The highest BCUT2D eigenvalue weighted by molar-refractivity contribution is 6.11. The standard InChI is InChI=1S/C41H28O27/c42-13-1-8(2-14(43)24(13)48)36(57)68-41-34-33-31(65-40(61)12-6-19(47)64-32(35(55)56)23(12)22-11(39(60)67-34)5-17(46)27(51)30(22)54)18(63-41)7-62-37(58)9-3-15(44)25(49)28(52)20(9)21-10(38(59)66-33)4-16(45)26(50)29(21)53/h1-5,12,18,31,33-34,41-46,48-54H,6-7H2,(H,55,56)/t12-,18-,31-,33+,34-,41+/m1/s1. The molecule has 0 saturated carbocycles. The number of carbonyl (C=O) groups is 7. The van der Waals surface area contributed by atoms with Crippen LogP contribution in [0.4, 0.5) is 0 Å². The predicted molar refractivity (Wildman–Crippen MR) is 206 cm³/mol. The number of rotatable bonds is 3. The summed E-state index contributed by atoms with van der Waals surface area (Å²) in [6, 6.07) is 2.26. The van der Waals surface area contributed by atoms with Crippen molar-refractivity contribution >= 4 is 47.4 Å². The van der Waals surface area contributed by atoms with E-state index in [2.05, 4.69) is 0 Å². The zero-order chi connectivity index (χ0) is 49.5. The quantitative estimate of drug-likeness (QED) is 0.0760. The molecule has 0 amide bonds. The van der Waals surface area contributed by atoms with Gasteiger partial charge in [-0.05, 0) is 30.3 Å². The molecule has 68 heavy (non-hydrogen) atoms. The van der Waals surface area contributed by atoms with Crippen LogP contribution in [0, 0.1) is 5.92 Å². The number of phenolic OH excluding ortho intramolecular Hbond substituents is 12. The zero-order valence-electron chi connectivity index (χ0n) is 33.3. The highest BCUT2D eigenvalue weighted by atomic mass is 16.7. The van der Waals surface area contributed by atoms with Crippen molar-refractivity contribution in [2.75, 3.05) is 6.61 Å². The number of benzene rings is 4. The van der Waals surface area contributed by atoms with Crippen LogP contribution < -0.4 is 0 Å². The average Bonchev–Trinajstić information content (AvgIpc) is 3.29. The van der Waals surface area contributed by atoms with Gasteiger partial charge in [-0.1, -0.05) is 0 Å². The summed E-state index contributed by atoms with van der Waals surface area (Å²) in [7, 11) is 0. The first-order valence-electron chi connectivity index (χ1n) is 18.9. The molecule has 4 aromatic rings. The summed E-state index contributed by atoms with van der Waals surface area (Å²) in [6.07, 6.45) is -13.6. The summed E-state index contributed by atoms with van der Waals surface area (Å²) >= 11 is 0. The Morgan fingerprint density at radius 1 is 0.544 bits per heavy atom. The Hall–Kier alpha value is -9.53. The molecular weight excluding hydrogens is 924 g/mol. The van der Waals surface area contributed by atoms with Crippen LogP contribution in [0.5, 0.6) is 69.0 Å². The molecule has 6 atom stereocenters. The number of carboxylic acids is 1. The highest BCUT2D eigenvalue weighted by Gasteiger charge is 2.57. The van der Waals surface area contributed by atoms with E-state index in [9.17, 15) is 99.9 Å². The van der Waals surface area contributed by atoms with E-state index in [0.717, 1.165) is 0 Å². The molecule has 0 spiro atoms. The molecule has 1 saturated heterocycles. The molecule has 0 radical (unpaired) electrons. The molecule has 0 unspecified atom stereocenters. The van der Waals surface area contributed by atoms with Gasteiger partial charge in [0.05, 0.1) is 34.6 Å². The Morgan fingerprint density at radius 2 is 1.01 bits per heavy atom. The molecule has 354 valence electrons. The topological polar surface area (TPSA) is 447 Å². The fraction of sp³-hybridized carbons (Fsp3) is 0.195. The van der Waals surface area contributed by atoms with Gasteiger partial charge in [0.1, 0.15) is 12.7 Å². The van der Waals surface area contributed by atoms with Crippen molar-refractivity contribution in [3.8, 4) is 80.1 Å². The lowest BCUT2D eigenvalue weighted by molar-refractivity contribution is -0.287. The van der Waals surface area contributed by atoms with Gasteiger partial charge in [-0.25, -0.2) is 24.0 Å². The van der Waals surface area contributed by atoms with Crippen LogP contribution in [0.2, 0.25) is 0 Å². The summed E-state index contributed by atoms with van der Waals surface area (Å²) in [5, 5.41) is 137. The van der Waals surface area contributed by atoms with Crippen molar-refractivity contribution in [3.63, 3.8) is 0 Å². The molecule has 4 heterocycles. The molecule has 4 bridgehead atoms. The van der Waals surface area contributed by atoms with Crippen molar-refractivity contribution in [1.29, 1.82) is 0 Å². The van der Waals surface area contributed by atoms with Crippen molar-refractivity contribution in [3.05, 3.63) is 63.9 Å². The van der Waals surface area contributed by atoms with E-state index in [1.54, 1.807) is 0 Å². The molecule has 4 aliphatic rings. The first-order chi connectivity index (χ1) is 32.0. The normalized spacial score (nSPS) is 22.3. The van der Waals surface area contributed by atoms with Gasteiger partial charge in [-0.15, -0.1) is 0 Å². The summed E-state index contributed by atoms with van der Waals surface area (Å²) in [5.74, 6) is -32.0. The number of fused-ring (bicyclic) bond motifs is 6. The monoisotopic (exact) mass is 952 g/mol. The summed E-state index contributed by atoms with van der Waals surface area (Å²) in [6.45, 7) is -1.31. The van der Waals surface area contributed by atoms with Gasteiger partial charge < -0.3 is 99.5 Å². The third kappa shape index (κ3) is 7.19. The fourth-order valence-electron chi connectivity index (χ4n) is 7.71. The number of cyclic esters (lactones) is 2.